The van der Waals surface area contributed by atoms with Gasteiger partial charge in [-0.1, -0.05) is 6.92 Å². The standard InChI is InChI=1S/C13H18N4S/c1-2-10-7-11-12(15-8-16-13(11)18-10)17-5-3-9(14)4-6-17/h7-9H,2-6,14H2,1H3. The summed E-state index contributed by atoms with van der Waals surface area (Å²) in [5.74, 6) is 1.09. The summed E-state index contributed by atoms with van der Waals surface area (Å²) in [5, 5.41) is 1.20. The predicted octanol–water partition coefficient (Wildman–Crippen LogP) is 2.18. The first kappa shape index (κ1) is 11.9. The molecule has 2 aromatic rings. The van der Waals surface area contributed by atoms with Gasteiger partial charge in [0.2, 0.25) is 0 Å². The molecule has 0 amide bonds. The lowest BCUT2D eigenvalue weighted by Gasteiger charge is -2.31. The number of thiophene rings is 1. The zero-order chi connectivity index (χ0) is 12.5. The molecule has 0 aliphatic carbocycles. The van der Waals surface area contributed by atoms with E-state index in [4.69, 9.17) is 5.73 Å². The Balaban J connectivity index is 1.98. The Bertz CT molecular complexity index is 543. The fourth-order valence-corrected chi connectivity index (χ4v) is 3.36. The first-order valence-electron chi connectivity index (χ1n) is 6.52. The largest absolute Gasteiger partial charge is 0.356 e. The molecule has 2 N–H and O–H groups in total. The number of nitrogens with zero attached hydrogens (tertiary/aromatic N) is 3. The maximum atomic E-state index is 5.96. The van der Waals surface area contributed by atoms with E-state index in [1.807, 2.05) is 0 Å². The van der Waals surface area contributed by atoms with E-state index in [1.165, 1.54) is 10.3 Å². The number of rotatable bonds is 2. The molecule has 1 aliphatic heterocycles. The Morgan fingerprint density at radius 2 is 2.17 bits per heavy atom. The molecule has 0 aromatic carbocycles. The monoisotopic (exact) mass is 262 g/mol. The van der Waals surface area contributed by atoms with Crippen LogP contribution in [-0.4, -0.2) is 29.1 Å². The van der Waals surface area contributed by atoms with E-state index in [1.54, 1.807) is 17.7 Å². The first-order chi connectivity index (χ1) is 8.78. The number of hydrogen-bond donors (Lipinski definition) is 1. The van der Waals surface area contributed by atoms with Crippen molar-refractivity contribution in [2.24, 2.45) is 5.73 Å². The van der Waals surface area contributed by atoms with E-state index in [-0.39, 0.29) is 0 Å². The van der Waals surface area contributed by atoms with Crippen molar-refractivity contribution in [3.05, 3.63) is 17.3 Å². The molecule has 1 aliphatic rings. The maximum Gasteiger partial charge on any atom is 0.140 e. The van der Waals surface area contributed by atoms with Crippen molar-refractivity contribution in [3.8, 4) is 0 Å². The van der Waals surface area contributed by atoms with Crippen molar-refractivity contribution in [1.29, 1.82) is 0 Å². The molecule has 3 rings (SSSR count). The van der Waals surface area contributed by atoms with E-state index >= 15 is 0 Å². The van der Waals surface area contributed by atoms with Crippen molar-refractivity contribution in [3.63, 3.8) is 0 Å². The summed E-state index contributed by atoms with van der Waals surface area (Å²) < 4.78 is 0. The molecule has 0 saturated carbocycles. The summed E-state index contributed by atoms with van der Waals surface area (Å²) in [7, 11) is 0. The summed E-state index contributed by atoms with van der Waals surface area (Å²) in [6.45, 7) is 4.19. The van der Waals surface area contributed by atoms with Crippen molar-refractivity contribution >= 4 is 27.4 Å². The minimum Gasteiger partial charge on any atom is -0.356 e. The van der Waals surface area contributed by atoms with E-state index in [0.717, 1.165) is 43.0 Å². The van der Waals surface area contributed by atoms with Crippen LogP contribution in [0, 0.1) is 0 Å². The van der Waals surface area contributed by atoms with Crippen LogP contribution in [-0.2, 0) is 6.42 Å². The summed E-state index contributed by atoms with van der Waals surface area (Å²) in [6, 6.07) is 2.59. The number of nitrogens with two attached hydrogens (primary N) is 1. The van der Waals surface area contributed by atoms with Gasteiger partial charge in [-0.2, -0.15) is 0 Å². The van der Waals surface area contributed by atoms with Gasteiger partial charge in [0.05, 0.1) is 5.39 Å². The average Bonchev–Trinajstić information content (AvgIpc) is 2.82. The number of aromatic nitrogens is 2. The highest BCUT2D eigenvalue weighted by molar-refractivity contribution is 7.18. The molecule has 0 bridgehead atoms. The van der Waals surface area contributed by atoms with Crippen LogP contribution in [0.15, 0.2) is 12.4 Å². The van der Waals surface area contributed by atoms with Crippen LogP contribution in [0.3, 0.4) is 0 Å². The Morgan fingerprint density at radius 1 is 1.39 bits per heavy atom. The highest BCUT2D eigenvalue weighted by Crippen LogP contribution is 2.31. The SMILES string of the molecule is CCc1cc2c(N3CCC(N)CC3)ncnc2s1. The molecule has 96 valence electrons. The maximum absolute atomic E-state index is 5.96. The number of aryl methyl sites for hydroxylation is 1. The second kappa shape index (κ2) is 4.82. The van der Waals surface area contributed by atoms with Gasteiger partial charge in [-0.3, -0.25) is 0 Å². The topological polar surface area (TPSA) is 55.0 Å². The Hall–Kier alpha value is -1.20. The summed E-state index contributed by atoms with van der Waals surface area (Å²) >= 11 is 1.77. The molecule has 0 atom stereocenters. The number of anilines is 1. The van der Waals surface area contributed by atoms with Crippen molar-refractivity contribution in [1.82, 2.24) is 9.97 Å². The Labute approximate surface area is 111 Å². The fourth-order valence-electron chi connectivity index (χ4n) is 2.43. The fraction of sp³-hybridized carbons (Fsp3) is 0.538. The van der Waals surface area contributed by atoms with E-state index in [2.05, 4.69) is 27.9 Å². The van der Waals surface area contributed by atoms with Crippen molar-refractivity contribution in [2.45, 2.75) is 32.2 Å². The lowest BCUT2D eigenvalue weighted by molar-refractivity contribution is 0.499. The van der Waals surface area contributed by atoms with Crippen LogP contribution in [0.4, 0.5) is 5.82 Å². The summed E-state index contributed by atoms with van der Waals surface area (Å²) in [4.78, 5) is 13.7. The molecule has 0 spiro atoms. The van der Waals surface area contributed by atoms with Gasteiger partial charge in [0.1, 0.15) is 17.0 Å². The molecular weight excluding hydrogens is 244 g/mol. The van der Waals surface area contributed by atoms with Crippen LogP contribution < -0.4 is 10.6 Å². The molecule has 5 heteroatoms. The zero-order valence-corrected chi connectivity index (χ0v) is 11.4. The molecule has 18 heavy (non-hydrogen) atoms. The van der Waals surface area contributed by atoms with Gasteiger partial charge in [-0.15, -0.1) is 11.3 Å². The zero-order valence-electron chi connectivity index (χ0n) is 10.6. The second-order valence-electron chi connectivity index (χ2n) is 4.81. The molecule has 4 nitrogen and oxygen atoms in total. The molecule has 1 fully saturated rings. The lowest BCUT2D eigenvalue weighted by Crippen LogP contribution is -2.40. The number of hydrogen-bond acceptors (Lipinski definition) is 5. The van der Waals surface area contributed by atoms with Crippen molar-refractivity contribution in [2.75, 3.05) is 18.0 Å². The average molecular weight is 262 g/mol. The van der Waals surface area contributed by atoms with Gasteiger partial charge in [0, 0.05) is 24.0 Å². The predicted molar refractivity (Wildman–Crippen MR) is 76.2 cm³/mol. The Morgan fingerprint density at radius 3 is 2.89 bits per heavy atom. The van der Waals surface area contributed by atoms with Crippen molar-refractivity contribution < 1.29 is 0 Å². The van der Waals surface area contributed by atoms with Gasteiger partial charge >= 0.3 is 0 Å². The third-order valence-corrected chi connectivity index (χ3v) is 4.73. The smallest absolute Gasteiger partial charge is 0.140 e. The normalized spacial score (nSPS) is 17.6. The molecule has 0 radical (unpaired) electrons. The molecular formula is C13H18N4S. The van der Waals surface area contributed by atoms with Gasteiger partial charge < -0.3 is 10.6 Å². The lowest BCUT2D eigenvalue weighted by atomic mass is 10.1. The van der Waals surface area contributed by atoms with Crippen LogP contribution in [0.2, 0.25) is 0 Å². The third-order valence-electron chi connectivity index (χ3n) is 3.55. The van der Waals surface area contributed by atoms with E-state index in [9.17, 15) is 0 Å². The quantitative estimate of drug-likeness (QED) is 0.901. The molecule has 0 unspecified atom stereocenters. The van der Waals surface area contributed by atoms with E-state index < -0.39 is 0 Å². The molecule has 3 heterocycles. The third kappa shape index (κ3) is 2.08. The van der Waals surface area contributed by atoms with Gasteiger partial charge in [0.25, 0.3) is 0 Å². The minimum absolute atomic E-state index is 0.354. The summed E-state index contributed by atoms with van der Waals surface area (Å²) in [5.41, 5.74) is 5.96. The first-order valence-corrected chi connectivity index (χ1v) is 7.33. The highest BCUT2D eigenvalue weighted by Gasteiger charge is 2.20. The number of fused-ring (bicyclic) bond motifs is 1. The van der Waals surface area contributed by atoms with Crippen LogP contribution in [0.25, 0.3) is 10.2 Å². The van der Waals surface area contributed by atoms with Gasteiger partial charge in [0.15, 0.2) is 0 Å². The van der Waals surface area contributed by atoms with E-state index in [0.29, 0.717) is 6.04 Å². The minimum atomic E-state index is 0.354. The van der Waals surface area contributed by atoms with Gasteiger partial charge in [-0.25, -0.2) is 9.97 Å². The highest BCUT2D eigenvalue weighted by atomic mass is 32.1. The molecule has 1 saturated heterocycles. The second-order valence-corrected chi connectivity index (χ2v) is 5.92. The summed E-state index contributed by atoms with van der Waals surface area (Å²) in [6.07, 6.45) is 4.85. The van der Waals surface area contributed by atoms with Gasteiger partial charge in [-0.05, 0) is 25.3 Å². The van der Waals surface area contributed by atoms with Crippen LogP contribution in [0.5, 0.6) is 0 Å². The number of piperidine rings is 1. The Kier molecular flexibility index (Phi) is 3.18. The molecule has 2 aromatic heterocycles. The van der Waals surface area contributed by atoms with Crippen LogP contribution >= 0.6 is 11.3 Å². The van der Waals surface area contributed by atoms with Crippen LogP contribution in [0.1, 0.15) is 24.6 Å².